The lowest BCUT2D eigenvalue weighted by Crippen LogP contribution is -2.54. The number of carbonyl (C=O) groups is 3. The number of urea groups is 1. The maximum atomic E-state index is 12.8. The predicted octanol–water partition coefficient (Wildman–Crippen LogP) is 2.54. The van der Waals surface area contributed by atoms with Crippen LogP contribution < -0.4 is 10.6 Å². The molecule has 3 rings (SSSR count). The zero-order valence-electron chi connectivity index (χ0n) is 15.7. The summed E-state index contributed by atoms with van der Waals surface area (Å²) < 4.78 is 0. The number of rotatable bonds is 7. The van der Waals surface area contributed by atoms with Crippen molar-refractivity contribution in [2.24, 2.45) is 5.92 Å². The number of nitrogens with one attached hydrogen (secondary N) is 2. The first-order valence-corrected chi connectivity index (χ1v) is 10.7. The average molecular weight is 390 g/mol. The summed E-state index contributed by atoms with van der Waals surface area (Å²) in [4.78, 5) is 38.4. The smallest absolute Gasteiger partial charge is 0.325 e. The van der Waals surface area contributed by atoms with E-state index in [1.807, 2.05) is 25.1 Å². The van der Waals surface area contributed by atoms with Gasteiger partial charge in [0.15, 0.2) is 0 Å². The van der Waals surface area contributed by atoms with Gasteiger partial charge in [-0.15, -0.1) is 0 Å². The van der Waals surface area contributed by atoms with E-state index in [0.29, 0.717) is 13.0 Å². The number of nitrogens with zero attached hydrogens (tertiary/aromatic N) is 1. The highest BCUT2D eigenvalue weighted by Gasteiger charge is 2.55. The molecule has 2 unspecified atom stereocenters. The molecule has 7 heteroatoms. The van der Waals surface area contributed by atoms with Crippen LogP contribution in [0.1, 0.15) is 38.2 Å². The zero-order valence-corrected chi connectivity index (χ0v) is 16.5. The molecule has 27 heavy (non-hydrogen) atoms. The van der Waals surface area contributed by atoms with E-state index in [0.717, 1.165) is 35.7 Å². The van der Waals surface area contributed by atoms with E-state index in [1.165, 1.54) is 5.56 Å². The Morgan fingerprint density at radius 3 is 2.81 bits per heavy atom. The van der Waals surface area contributed by atoms with Crippen LogP contribution in [0.3, 0.4) is 0 Å². The molecule has 1 aromatic carbocycles. The van der Waals surface area contributed by atoms with Crippen LogP contribution in [0.25, 0.3) is 0 Å². The van der Waals surface area contributed by atoms with E-state index in [-0.39, 0.29) is 24.3 Å². The summed E-state index contributed by atoms with van der Waals surface area (Å²) in [6.07, 6.45) is 3.58. The molecule has 1 aromatic rings. The van der Waals surface area contributed by atoms with Crippen molar-refractivity contribution in [3.63, 3.8) is 0 Å². The molecule has 6 nitrogen and oxygen atoms in total. The van der Waals surface area contributed by atoms with E-state index >= 15 is 0 Å². The van der Waals surface area contributed by atoms with Gasteiger partial charge in [-0.05, 0) is 24.3 Å². The molecule has 1 aliphatic heterocycles. The molecule has 1 saturated heterocycles. The quantitative estimate of drug-likeness (QED) is 0.555. The van der Waals surface area contributed by atoms with Crippen LogP contribution in [0.15, 0.2) is 30.3 Å². The van der Waals surface area contributed by atoms with Crippen molar-refractivity contribution >= 4 is 29.6 Å². The minimum absolute atomic E-state index is 0.102. The Balaban J connectivity index is 1.42. The van der Waals surface area contributed by atoms with E-state index in [9.17, 15) is 14.4 Å². The fraction of sp³-hybridized carbons (Fsp3) is 0.550. The first kappa shape index (κ1) is 19.7. The van der Waals surface area contributed by atoms with Crippen molar-refractivity contribution < 1.29 is 14.4 Å². The Kier molecular flexibility index (Phi) is 6.42. The highest BCUT2D eigenvalue weighted by Crippen LogP contribution is 2.38. The highest BCUT2D eigenvalue weighted by atomic mass is 32.2. The predicted molar refractivity (Wildman–Crippen MR) is 106 cm³/mol. The largest absolute Gasteiger partial charge is 0.354 e. The van der Waals surface area contributed by atoms with Gasteiger partial charge in [0, 0.05) is 18.1 Å². The summed E-state index contributed by atoms with van der Waals surface area (Å²) in [5.41, 5.74) is 0.446. The lowest BCUT2D eigenvalue weighted by atomic mass is 9.73. The highest BCUT2D eigenvalue weighted by molar-refractivity contribution is 7.98. The first-order chi connectivity index (χ1) is 13.0. The Morgan fingerprint density at radius 2 is 2.07 bits per heavy atom. The number of hydrogen-bond donors (Lipinski definition) is 2. The van der Waals surface area contributed by atoms with Crippen molar-refractivity contribution in [2.45, 2.75) is 43.9 Å². The second-order valence-electron chi connectivity index (χ2n) is 7.33. The average Bonchev–Trinajstić information content (AvgIpc) is 2.90. The van der Waals surface area contributed by atoms with Gasteiger partial charge in [-0.1, -0.05) is 50.1 Å². The number of imide groups is 1. The number of amides is 4. The maximum Gasteiger partial charge on any atom is 0.325 e. The molecule has 2 fully saturated rings. The molecule has 4 amide bonds. The molecule has 2 N–H and O–H groups in total. The van der Waals surface area contributed by atoms with Gasteiger partial charge in [-0.25, -0.2) is 4.79 Å². The van der Waals surface area contributed by atoms with Gasteiger partial charge in [0.25, 0.3) is 5.91 Å². The molecular weight excluding hydrogens is 362 g/mol. The first-order valence-electron chi connectivity index (χ1n) is 9.55. The van der Waals surface area contributed by atoms with E-state index in [1.54, 1.807) is 11.8 Å². The standard InChI is InChI=1S/C20H27N3O3S/c1-15-7-5-6-10-20(15)18(25)23(19(26)22-20)13-17(24)21-11-12-27-14-16-8-3-2-4-9-16/h2-4,8-9,15H,5-7,10-14H2,1H3,(H,21,24)(H,22,26). The summed E-state index contributed by atoms with van der Waals surface area (Å²) in [7, 11) is 0. The van der Waals surface area contributed by atoms with Crippen LogP contribution >= 0.6 is 11.8 Å². The fourth-order valence-corrected chi connectivity index (χ4v) is 4.68. The van der Waals surface area contributed by atoms with Gasteiger partial charge in [0.1, 0.15) is 12.1 Å². The Hall–Kier alpha value is -2.02. The molecule has 146 valence electrons. The summed E-state index contributed by atoms with van der Waals surface area (Å²) in [6.45, 7) is 2.31. The van der Waals surface area contributed by atoms with Crippen molar-refractivity contribution in [2.75, 3.05) is 18.8 Å². The second-order valence-corrected chi connectivity index (χ2v) is 8.43. The van der Waals surface area contributed by atoms with Crippen LogP contribution in [0, 0.1) is 5.92 Å². The summed E-state index contributed by atoms with van der Waals surface area (Å²) in [5, 5.41) is 5.68. The SMILES string of the molecule is CC1CCCCC12NC(=O)N(CC(=O)NCCSCc1ccccc1)C2=O. The molecule has 1 spiro atoms. The normalized spacial score (nSPS) is 24.9. The second kappa shape index (κ2) is 8.78. The summed E-state index contributed by atoms with van der Waals surface area (Å²) in [6, 6.07) is 9.71. The van der Waals surface area contributed by atoms with Crippen LogP contribution in [-0.2, 0) is 15.3 Å². The van der Waals surface area contributed by atoms with Crippen LogP contribution in [-0.4, -0.2) is 47.1 Å². The maximum absolute atomic E-state index is 12.8. The number of benzene rings is 1. The lowest BCUT2D eigenvalue weighted by Gasteiger charge is -2.36. The van der Waals surface area contributed by atoms with Gasteiger partial charge in [0.05, 0.1) is 0 Å². The van der Waals surface area contributed by atoms with Gasteiger partial charge >= 0.3 is 6.03 Å². The number of hydrogen-bond acceptors (Lipinski definition) is 4. The molecule has 1 aliphatic carbocycles. The Labute approximate surface area is 164 Å². The Morgan fingerprint density at radius 1 is 1.30 bits per heavy atom. The minimum Gasteiger partial charge on any atom is -0.354 e. The molecule has 1 heterocycles. The van der Waals surface area contributed by atoms with Crippen LogP contribution in [0.2, 0.25) is 0 Å². The van der Waals surface area contributed by atoms with Gasteiger partial charge in [-0.3, -0.25) is 14.5 Å². The van der Waals surface area contributed by atoms with Gasteiger partial charge in [0.2, 0.25) is 5.91 Å². The van der Waals surface area contributed by atoms with E-state index in [2.05, 4.69) is 22.8 Å². The van der Waals surface area contributed by atoms with E-state index < -0.39 is 11.6 Å². The van der Waals surface area contributed by atoms with E-state index in [4.69, 9.17) is 0 Å². The molecular formula is C20H27N3O3S. The monoisotopic (exact) mass is 389 g/mol. The Bertz CT molecular complexity index is 697. The number of carbonyl (C=O) groups excluding carboxylic acids is 3. The third-order valence-corrected chi connectivity index (χ3v) is 6.51. The molecule has 2 atom stereocenters. The third-order valence-electron chi connectivity index (χ3n) is 5.48. The van der Waals surface area contributed by atoms with Crippen LogP contribution in [0.4, 0.5) is 4.79 Å². The van der Waals surface area contributed by atoms with Crippen LogP contribution in [0.5, 0.6) is 0 Å². The molecule has 1 saturated carbocycles. The molecule has 0 aromatic heterocycles. The zero-order chi connectivity index (χ0) is 19.3. The lowest BCUT2D eigenvalue weighted by molar-refractivity contribution is -0.137. The number of thioether (sulfide) groups is 1. The van der Waals surface area contributed by atoms with Crippen molar-refractivity contribution in [3.8, 4) is 0 Å². The van der Waals surface area contributed by atoms with Gasteiger partial charge in [-0.2, -0.15) is 11.8 Å². The summed E-state index contributed by atoms with van der Waals surface area (Å²) in [5.74, 6) is 1.24. The van der Waals surface area contributed by atoms with Gasteiger partial charge < -0.3 is 10.6 Å². The fourth-order valence-electron chi connectivity index (χ4n) is 3.87. The topological polar surface area (TPSA) is 78.5 Å². The van der Waals surface area contributed by atoms with Crippen molar-refractivity contribution in [1.82, 2.24) is 15.5 Å². The minimum atomic E-state index is -0.804. The van der Waals surface area contributed by atoms with Crippen molar-refractivity contribution in [3.05, 3.63) is 35.9 Å². The summed E-state index contributed by atoms with van der Waals surface area (Å²) >= 11 is 1.74. The van der Waals surface area contributed by atoms with Crippen molar-refractivity contribution in [1.29, 1.82) is 0 Å². The molecule has 0 bridgehead atoms. The molecule has 0 radical (unpaired) electrons. The molecule has 2 aliphatic rings. The third kappa shape index (κ3) is 4.46.